The van der Waals surface area contributed by atoms with Gasteiger partial charge in [0.15, 0.2) is 11.5 Å². The first-order valence-electron chi connectivity index (χ1n) is 5.57. The highest BCUT2D eigenvalue weighted by Gasteiger charge is 2.25. The van der Waals surface area contributed by atoms with Crippen LogP contribution < -0.4 is 5.73 Å². The summed E-state index contributed by atoms with van der Waals surface area (Å²) in [5.41, 5.74) is 7.63. The standard InChI is InChI=1S/C12H18N4/c1-9-5-4-8-16-10(9)14-11(15-16)12(2,3)6-7-13/h4-5,8H,6-7,13H2,1-3H3. The van der Waals surface area contributed by atoms with Gasteiger partial charge in [-0.2, -0.15) is 5.10 Å². The molecule has 0 unspecified atom stereocenters. The molecule has 16 heavy (non-hydrogen) atoms. The highest BCUT2D eigenvalue weighted by Crippen LogP contribution is 2.24. The molecular formula is C12H18N4. The quantitative estimate of drug-likeness (QED) is 0.852. The summed E-state index contributed by atoms with van der Waals surface area (Å²) in [6, 6.07) is 4.03. The van der Waals surface area contributed by atoms with Crippen molar-refractivity contribution in [3.63, 3.8) is 0 Å². The normalized spacial score (nSPS) is 12.2. The van der Waals surface area contributed by atoms with Crippen molar-refractivity contribution in [2.45, 2.75) is 32.6 Å². The van der Waals surface area contributed by atoms with Gasteiger partial charge in [0, 0.05) is 11.6 Å². The number of nitrogens with two attached hydrogens (primary N) is 1. The number of rotatable bonds is 3. The topological polar surface area (TPSA) is 56.2 Å². The van der Waals surface area contributed by atoms with E-state index in [4.69, 9.17) is 5.73 Å². The van der Waals surface area contributed by atoms with E-state index in [2.05, 4.69) is 23.9 Å². The second-order valence-corrected chi connectivity index (χ2v) is 4.82. The van der Waals surface area contributed by atoms with Gasteiger partial charge in [0.25, 0.3) is 0 Å². The minimum Gasteiger partial charge on any atom is -0.330 e. The molecule has 0 fully saturated rings. The van der Waals surface area contributed by atoms with Gasteiger partial charge in [0.1, 0.15) is 0 Å². The lowest BCUT2D eigenvalue weighted by atomic mass is 9.89. The fourth-order valence-corrected chi connectivity index (χ4v) is 1.80. The molecule has 0 radical (unpaired) electrons. The summed E-state index contributed by atoms with van der Waals surface area (Å²) in [6.07, 6.45) is 2.82. The Labute approximate surface area is 95.5 Å². The van der Waals surface area contributed by atoms with Gasteiger partial charge >= 0.3 is 0 Å². The van der Waals surface area contributed by atoms with Crippen LogP contribution in [0.4, 0.5) is 0 Å². The maximum Gasteiger partial charge on any atom is 0.158 e. The summed E-state index contributed by atoms with van der Waals surface area (Å²) in [4.78, 5) is 4.60. The third-order valence-electron chi connectivity index (χ3n) is 2.93. The van der Waals surface area contributed by atoms with Crippen LogP contribution in [0.1, 0.15) is 31.7 Å². The van der Waals surface area contributed by atoms with Crippen LogP contribution in [0.25, 0.3) is 5.65 Å². The van der Waals surface area contributed by atoms with E-state index in [0.717, 1.165) is 23.5 Å². The average molecular weight is 218 g/mol. The highest BCUT2D eigenvalue weighted by atomic mass is 15.3. The zero-order chi connectivity index (χ0) is 11.8. The number of nitrogens with zero attached hydrogens (tertiary/aromatic N) is 3. The number of fused-ring (bicyclic) bond motifs is 1. The molecule has 0 saturated heterocycles. The van der Waals surface area contributed by atoms with E-state index in [1.54, 1.807) is 0 Å². The van der Waals surface area contributed by atoms with Crippen molar-refractivity contribution >= 4 is 5.65 Å². The van der Waals surface area contributed by atoms with Crippen molar-refractivity contribution in [2.24, 2.45) is 5.73 Å². The van der Waals surface area contributed by atoms with Crippen LogP contribution in [0.3, 0.4) is 0 Å². The summed E-state index contributed by atoms with van der Waals surface area (Å²) in [5, 5.41) is 4.51. The van der Waals surface area contributed by atoms with E-state index in [-0.39, 0.29) is 5.41 Å². The van der Waals surface area contributed by atoms with Crippen molar-refractivity contribution in [1.29, 1.82) is 0 Å². The Bertz CT molecular complexity index is 499. The largest absolute Gasteiger partial charge is 0.330 e. The fraction of sp³-hybridized carbons (Fsp3) is 0.500. The third-order valence-corrected chi connectivity index (χ3v) is 2.93. The number of pyridine rings is 1. The van der Waals surface area contributed by atoms with Gasteiger partial charge < -0.3 is 5.73 Å². The Kier molecular flexibility index (Phi) is 2.68. The molecule has 0 aliphatic rings. The molecule has 86 valence electrons. The first kappa shape index (κ1) is 11.1. The lowest BCUT2D eigenvalue weighted by molar-refractivity contribution is 0.457. The van der Waals surface area contributed by atoms with Crippen LogP contribution in [-0.2, 0) is 5.41 Å². The Morgan fingerprint density at radius 1 is 1.44 bits per heavy atom. The van der Waals surface area contributed by atoms with Crippen molar-refractivity contribution in [2.75, 3.05) is 6.54 Å². The molecule has 4 heteroatoms. The molecular weight excluding hydrogens is 200 g/mol. The molecule has 2 rings (SSSR count). The highest BCUT2D eigenvalue weighted by molar-refractivity contribution is 5.46. The Morgan fingerprint density at radius 3 is 2.81 bits per heavy atom. The zero-order valence-electron chi connectivity index (χ0n) is 10.1. The summed E-state index contributed by atoms with van der Waals surface area (Å²) >= 11 is 0. The van der Waals surface area contributed by atoms with Crippen LogP contribution in [0.15, 0.2) is 18.3 Å². The molecule has 0 aliphatic heterocycles. The van der Waals surface area contributed by atoms with Gasteiger partial charge in [-0.1, -0.05) is 19.9 Å². The van der Waals surface area contributed by atoms with Crippen molar-refractivity contribution in [1.82, 2.24) is 14.6 Å². The number of hydrogen-bond donors (Lipinski definition) is 1. The van der Waals surface area contributed by atoms with E-state index in [1.165, 1.54) is 0 Å². The van der Waals surface area contributed by atoms with Crippen LogP contribution in [0.5, 0.6) is 0 Å². The molecule has 0 bridgehead atoms. The number of hydrogen-bond acceptors (Lipinski definition) is 3. The predicted octanol–water partition coefficient (Wildman–Crippen LogP) is 1.66. The van der Waals surface area contributed by atoms with Crippen molar-refractivity contribution in [3.8, 4) is 0 Å². The van der Waals surface area contributed by atoms with Crippen molar-refractivity contribution < 1.29 is 0 Å². The molecule has 0 amide bonds. The molecule has 0 saturated carbocycles. The molecule has 2 aromatic rings. The monoisotopic (exact) mass is 218 g/mol. The second kappa shape index (κ2) is 3.87. The van der Waals surface area contributed by atoms with Gasteiger partial charge in [0.2, 0.25) is 0 Å². The SMILES string of the molecule is Cc1cccn2nc(C(C)(C)CCN)nc12. The predicted molar refractivity (Wildman–Crippen MR) is 64.4 cm³/mol. The summed E-state index contributed by atoms with van der Waals surface area (Å²) < 4.78 is 1.84. The minimum absolute atomic E-state index is 0.0623. The van der Waals surface area contributed by atoms with Crippen LogP contribution >= 0.6 is 0 Å². The van der Waals surface area contributed by atoms with Crippen molar-refractivity contribution in [3.05, 3.63) is 29.7 Å². The number of aromatic nitrogens is 3. The molecule has 2 aromatic heterocycles. The fourth-order valence-electron chi connectivity index (χ4n) is 1.80. The molecule has 0 spiro atoms. The van der Waals surface area contributed by atoms with Crippen LogP contribution in [0.2, 0.25) is 0 Å². The van der Waals surface area contributed by atoms with E-state index in [1.807, 2.05) is 29.8 Å². The average Bonchev–Trinajstić information content (AvgIpc) is 2.63. The minimum atomic E-state index is -0.0623. The van der Waals surface area contributed by atoms with E-state index >= 15 is 0 Å². The van der Waals surface area contributed by atoms with Crippen LogP contribution in [-0.4, -0.2) is 21.1 Å². The smallest absolute Gasteiger partial charge is 0.158 e. The summed E-state index contributed by atoms with van der Waals surface area (Å²) in [7, 11) is 0. The number of aryl methyl sites for hydroxylation is 1. The second-order valence-electron chi connectivity index (χ2n) is 4.82. The lowest BCUT2D eigenvalue weighted by Crippen LogP contribution is -2.23. The maximum absolute atomic E-state index is 5.61. The molecule has 0 aliphatic carbocycles. The van der Waals surface area contributed by atoms with E-state index < -0.39 is 0 Å². The first-order chi connectivity index (χ1) is 7.54. The first-order valence-corrected chi connectivity index (χ1v) is 5.57. The third kappa shape index (κ3) is 1.80. The molecule has 2 heterocycles. The van der Waals surface area contributed by atoms with Gasteiger partial charge in [-0.15, -0.1) is 0 Å². The van der Waals surface area contributed by atoms with E-state index in [0.29, 0.717) is 6.54 Å². The summed E-state index contributed by atoms with van der Waals surface area (Å²) in [6.45, 7) is 6.96. The Hall–Kier alpha value is -1.42. The Balaban J connectivity index is 2.51. The van der Waals surface area contributed by atoms with E-state index in [9.17, 15) is 0 Å². The molecule has 2 N–H and O–H groups in total. The van der Waals surface area contributed by atoms with Gasteiger partial charge in [-0.3, -0.25) is 0 Å². The Morgan fingerprint density at radius 2 is 2.19 bits per heavy atom. The molecule has 4 nitrogen and oxygen atoms in total. The van der Waals surface area contributed by atoms with Gasteiger partial charge in [0.05, 0.1) is 0 Å². The van der Waals surface area contributed by atoms with Gasteiger partial charge in [-0.25, -0.2) is 9.50 Å². The van der Waals surface area contributed by atoms with Gasteiger partial charge in [-0.05, 0) is 31.5 Å². The zero-order valence-corrected chi connectivity index (χ0v) is 10.1. The lowest BCUT2D eigenvalue weighted by Gasteiger charge is -2.19. The van der Waals surface area contributed by atoms with Crippen LogP contribution in [0, 0.1) is 6.92 Å². The summed E-state index contributed by atoms with van der Waals surface area (Å²) in [5.74, 6) is 0.868. The molecule has 0 atom stereocenters. The maximum atomic E-state index is 5.61. The molecule has 0 aromatic carbocycles.